The fraction of sp³-hybridized carbons (Fsp3) is 0.412. The van der Waals surface area contributed by atoms with Gasteiger partial charge >= 0.3 is 0 Å². The van der Waals surface area contributed by atoms with Crippen LogP contribution in [0.4, 0.5) is 23.1 Å². The third-order valence-corrected chi connectivity index (χ3v) is 5.08. The first-order valence-electron chi connectivity index (χ1n) is 8.47. The van der Waals surface area contributed by atoms with Crippen molar-refractivity contribution in [2.24, 2.45) is 0 Å². The van der Waals surface area contributed by atoms with E-state index in [1.165, 1.54) is 12.5 Å². The molecule has 5 N–H and O–H groups in total. The molecular weight excluding hydrogens is 318 g/mol. The number of pyridine rings is 1. The lowest BCUT2D eigenvalue weighted by molar-refractivity contribution is 0.119. The van der Waals surface area contributed by atoms with Crippen molar-refractivity contribution >= 4 is 29.4 Å². The highest BCUT2D eigenvalue weighted by molar-refractivity contribution is 5.85. The van der Waals surface area contributed by atoms with Crippen LogP contribution in [0.1, 0.15) is 31.2 Å². The molecule has 0 radical (unpaired) electrons. The molecule has 2 saturated heterocycles. The predicted molar refractivity (Wildman–Crippen MR) is 96.4 cm³/mol. The SMILES string of the molecule is N=Cc1cnc(Nc2cc(N3[C@H]4CC[C@@H]3[C@@H](O)CC4)ncn2)cc1N. The normalized spacial score (nSPS) is 25.0. The van der Waals surface area contributed by atoms with E-state index in [0.717, 1.165) is 31.5 Å². The van der Waals surface area contributed by atoms with Gasteiger partial charge < -0.3 is 26.5 Å². The van der Waals surface area contributed by atoms with Crippen molar-refractivity contribution in [3.8, 4) is 0 Å². The molecule has 0 saturated carbocycles. The fourth-order valence-electron chi connectivity index (χ4n) is 3.84. The van der Waals surface area contributed by atoms with E-state index in [2.05, 4.69) is 25.2 Å². The molecule has 2 aromatic heterocycles. The zero-order valence-corrected chi connectivity index (χ0v) is 13.8. The first-order chi connectivity index (χ1) is 12.2. The zero-order valence-electron chi connectivity index (χ0n) is 13.8. The maximum atomic E-state index is 10.3. The number of anilines is 4. The molecule has 2 bridgehead atoms. The summed E-state index contributed by atoms with van der Waals surface area (Å²) in [6.45, 7) is 0. The van der Waals surface area contributed by atoms with E-state index in [9.17, 15) is 5.11 Å². The van der Waals surface area contributed by atoms with E-state index in [1.54, 1.807) is 12.3 Å². The monoisotopic (exact) mass is 339 g/mol. The summed E-state index contributed by atoms with van der Waals surface area (Å²) in [6.07, 6.45) is 7.91. The molecule has 0 aliphatic carbocycles. The molecule has 2 fully saturated rings. The lowest BCUT2D eigenvalue weighted by Crippen LogP contribution is -2.48. The second-order valence-electron chi connectivity index (χ2n) is 6.58. The number of aliphatic hydroxyl groups is 1. The molecule has 0 spiro atoms. The van der Waals surface area contributed by atoms with Gasteiger partial charge in [-0.15, -0.1) is 0 Å². The lowest BCUT2D eigenvalue weighted by Gasteiger charge is -2.38. The van der Waals surface area contributed by atoms with Gasteiger partial charge in [-0.2, -0.15) is 0 Å². The molecule has 0 amide bonds. The van der Waals surface area contributed by atoms with Crippen molar-refractivity contribution in [3.05, 3.63) is 30.2 Å². The number of nitrogens with one attached hydrogen (secondary N) is 2. The molecule has 2 aliphatic rings. The van der Waals surface area contributed by atoms with E-state index in [4.69, 9.17) is 11.1 Å². The van der Waals surface area contributed by atoms with Crippen molar-refractivity contribution in [1.82, 2.24) is 15.0 Å². The standard InChI is InChI=1S/C17H21N7O/c18-7-10-8-20-15(5-12(10)19)23-16-6-17(22-9-21-16)24-11-1-3-13(24)14(25)4-2-11/h5-9,11,13-14,18,25H,1-4H2,(H3,19,20,21,22,23)/t11-,13+,14-/m0/s1. The van der Waals surface area contributed by atoms with Crippen LogP contribution in [0.25, 0.3) is 0 Å². The molecule has 0 aromatic carbocycles. The number of rotatable bonds is 4. The number of fused-ring (bicyclic) bond motifs is 2. The van der Waals surface area contributed by atoms with E-state index >= 15 is 0 Å². The van der Waals surface area contributed by atoms with Gasteiger partial charge in [0.15, 0.2) is 0 Å². The summed E-state index contributed by atoms with van der Waals surface area (Å²) in [6, 6.07) is 4.14. The minimum Gasteiger partial charge on any atom is -0.398 e. The van der Waals surface area contributed by atoms with Crippen LogP contribution in [0.15, 0.2) is 24.7 Å². The maximum Gasteiger partial charge on any atom is 0.137 e. The third kappa shape index (κ3) is 2.89. The van der Waals surface area contributed by atoms with Gasteiger partial charge in [-0.05, 0) is 25.7 Å². The molecule has 3 atom stereocenters. The number of nitrogens with zero attached hydrogens (tertiary/aromatic N) is 4. The highest BCUT2D eigenvalue weighted by Crippen LogP contribution is 2.38. The minimum atomic E-state index is -0.291. The summed E-state index contributed by atoms with van der Waals surface area (Å²) in [7, 11) is 0. The Morgan fingerprint density at radius 1 is 1.16 bits per heavy atom. The fourth-order valence-corrected chi connectivity index (χ4v) is 3.84. The van der Waals surface area contributed by atoms with Crippen LogP contribution in [0.2, 0.25) is 0 Å². The molecule has 8 nitrogen and oxygen atoms in total. The lowest BCUT2D eigenvalue weighted by atomic mass is 10.00. The first kappa shape index (κ1) is 15.8. The molecule has 130 valence electrons. The molecule has 2 aliphatic heterocycles. The number of piperidine rings is 1. The van der Waals surface area contributed by atoms with Crippen molar-refractivity contribution in [3.63, 3.8) is 0 Å². The summed E-state index contributed by atoms with van der Waals surface area (Å²) in [4.78, 5) is 15.2. The third-order valence-electron chi connectivity index (χ3n) is 5.08. The van der Waals surface area contributed by atoms with Crippen LogP contribution >= 0.6 is 0 Å². The molecule has 2 aromatic rings. The van der Waals surface area contributed by atoms with Gasteiger partial charge in [-0.1, -0.05) is 0 Å². The topological polar surface area (TPSA) is 124 Å². The van der Waals surface area contributed by atoms with Gasteiger partial charge in [0.05, 0.1) is 12.1 Å². The Labute approximate surface area is 145 Å². The predicted octanol–water partition coefficient (Wildman–Crippen LogP) is 1.69. The average molecular weight is 339 g/mol. The largest absolute Gasteiger partial charge is 0.398 e. The Kier molecular flexibility index (Phi) is 3.96. The minimum absolute atomic E-state index is 0.141. The Morgan fingerprint density at radius 3 is 2.76 bits per heavy atom. The first-order valence-corrected chi connectivity index (χ1v) is 8.47. The quantitative estimate of drug-likeness (QED) is 0.625. The second-order valence-corrected chi connectivity index (χ2v) is 6.58. The van der Waals surface area contributed by atoms with E-state index in [-0.39, 0.29) is 12.1 Å². The summed E-state index contributed by atoms with van der Waals surface area (Å²) in [5, 5.41) is 20.7. The van der Waals surface area contributed by atoms with Gasteiger partial charge in [0.1, 0.15) is 23.8 Å². The number of nitrogen functional groups attached to an aromatic ring is 1. The van der Waals surface area contributed by atoms with Gasteiger partial charge in [0.25, 0.3) is 0 Å². The van der Waals surface area contributed by atoms with Gasteiger partial charge in [0.2, 0.25) is 0 Å². The summed E-state index contributed by atoms with van der Waals surface area (Å²) < 4.78 is 0. The number of aromatic nitrogens is 3. The van der Waals surface area contributed by atoms with Crippen LogP contribution in [0.5, 0.6) is 0 Å². The number of nitrogens with two attached hydrogens (primary N) is 1. The highest BCUT2D eigenvalue weighted by Gasteiger charge is 2.42. The van der Waals surface area contributed by atoms with Gasteiger partial charge in [-0.25, -0.2) is 15.0 Å². The summed E-state index contributed by atoms with van der Waals surface area (Å²) in [5.41, 5.74) is 6.95. The Hall–Kier alpha value is -2.74. The molecule has 25 heavy (non-hydrogen) atoms. The van der Waals surface area contributed by atoms with Crippen LogP contribution < -0.4 is 16.0 Å². The van der Waals surface area contributed by atoms with Crippen molar-refractivity contribution in [1.29, 1.82) is 5.41 Å². The number of hydrogen-bond acceptors (Lipinski definition) is 8. The van der Waals surface area contributed by atoms with E-state index in [0.29, 0.717) is 28.9 Å². The number of hydrogen-bond donors (Lipinski definition) is 4. The molecule has 4 rings (SSSR count). The smallest absolute Gasteiger partial charge is 0.137 e. The zero-order chi connectivity index (χ0) is 17.4. The molecular formula is C17H21N7O. The van der Waals surface area contributed by atoms with E-state index < -0.39 is 0 Å². The summed E-state index contributed by atoms with van der Waals surface area (Å²) >= 11 is 0. The number of aliphatic hydroxyl groups excluding tert-OH is 1. The van der Waals surface area contributed by atoms with Crippen LogP contribution in [-0.2, 0) is 0 Å². The van der Waals surface area contributed by atoms with Crippen LogP contribution in [0, 0.1) is 5.41 Å². The Morgan fingerprint density at radius 2 is 1.96 bits per heavy atom. The Bertz CT molecular complexity index is 796. The Balaban J connectivity index is 1.58. The summed E-state index contributed by atoms with van der Waals surface area (Å²) in [5.74, 6) is 2.02. The van der Waals surface area contributed by atoms with Gasteiger partial charge in [-0.3, -0.25) is 0 Å². The van der Waals surface area contributed by atoms with E-state index in [1.807, 2.05) is 6.07 Å². The van der Waals surface area contributed by atoms with Crippen LogP contribution in [0.3, 0.4) is 0 Å². The van der Waals surface area contributed by atoms with Crippen LogP contribution in [-0.4, -0.2) is 44.5 Å². The highest BCUT2D eigenvalue weighted by atomic mass is 16.3. The van der Waals surface area contributed by atoms with Crippen molar-refractivity contribution in [2.45, 2.75) is 43.9 Å². The maximum absolute atomic E-state index is 10.3. The molecule has 0 unspecified atom stereocenters. The van der Waals surface area contributed by atoms with Crippen molar-refractivity contribution < 1.29 is 5.11 Å². The molecule has 4 heterocycles. The average Bonchev–Trinajstić information content (AvgIpc) is 2.95. The van der Waals surface area contributed by atoms with Gasteiger partial charge in [0, 0.05) is 41.8 Å². The van der Waals surface area contributed by atoms with Crippen molar-refractivity contribution in [2.75, 3.05) is 16.0 Å². The molecule has 8 heteroatoms. The second kappa shape index (κ2) is 6.29.